The van der Waals surface area contributed by atoms with E-state index in [1.807, 2.05) is 0 Å². The maximum absolute atomic E-state index is 12.1. The van der Waals surface area contributed by atoms with E-state index in [0.29, 0.717) is 0 Å². The van der Waals surface area contributed by atoms with Crippen molar-refractivity contribution >= 4 is 28.2 Å². The van der Waals surface area contributed by atoms with Gasteiger partial charge in [-0.05, 0) is 30.3 Å². The van der Waals surface area contributed by atoms with Gasteiger partial charge in [-0.25, -0.2) is 4.21 Å². The minimum Gasteiger partial charge on any atom is -0.506 e. The molecule has 0 saturated carbocycles. The number of phenolic OH excluding ortho intramolecular Hbond substituents is 3. The van der Waals surface area contributed by atoms with Gasteiger partial charge in [0.2, 0.25) is 0 Å². The van der Waals surface area contributed by atoms with Crippen molar-refractivity contribution in [3.63, 3.8) is 0 Å². The van der Waals surface area contributed by atoms with Crippen LogP contribution >= 0.6 is 0 Å². The van der Waals surface area contributed by atoms with Crippen molar-refractivity contribution in [2.45, 2.75) is 0 Å². The van der Waals surface area contributed by atoms with Gasteiger partial charge in [-0.3, -0.25) is 8.98 Å². The van der Waals surface area contributed by atoms with Crippen LogP contribution in [0.15, 0.2) is 40.8 Å². The van der Waals surface area contributed by atoms with Crippen molar-refractivity contribution in [3.05, 3.63) is 42.0 Å². The number of thiol groups is 1. The van der Waals surface area contributed by atoms with E-state index in [-0.39, 0.29) is 34.2 Å². The summed E-state index contributed by atoms with van der Waals surface area (Å²) in [6.07, 6.45) is 0. The number of rotatable bonds is 4. The van der Waals surface area contributed by atoms with Crippen molar-refractivity contribution < 1.29 is 28.5 Å². The largest absolute Gasteiger partial charge is 0.506 e. The molecule has 2 rings (SSSR count). The zero-order chi connectivity index (χ0) is 17.0. The zero-order valence-electron chi connectivity index (χ0n) is 11.9. The van der Waals surface area contributed by atoms with Crippen LogP contribution in [0.5, 0.6) is 17.2 Å². The molecule has 0 aromatic heterocycles. The monoisotopic (exact) mass is 338 g/mol. The van der Waals surface area contributed by atoms with E-state index >= 15 is 0 Å². The zero-order valence-corrected chi connectivity index (χ0v) is 12.8. The number of aromatic hydroxyl groups is 3. The van der Waals surface area contributed by atoms with Crippen LogP contribution in [0.4, 0.5) is 11.4 Å². The lowest BCUT2D eigenvalue weighted by molar-refractivity contribution is 0.102. The van der Waals surface area contributed by atoms with E-state index in [9.17, 15) is 24.3 Å². The Morgan fingerprint density at radius 1 is 1.09 bits per heavy atom. The van der Waals surface area contributed by atoms with Crippen LogP contribution in [0.3, 0.4) is 0 Å². The summed E-state index contributed by atoms with van der Waals surface area (Å²) in [5, 5.41) is 30.9. The van der Waals surface area contributed by atoms with Gasteiger partial charge in [0, 0.05) is 17.3 Å². The number of hydrogen-bond acceptors (Lipinski definition) is 7. The van der Waals surface area contributed by atoms with Crippen molar-refractivity contribution in [3.8, 4) is 17.2 Å². The van der Waals surface area contributed by atoms with Crippen LogP contribution in [0.1, 0.15) is 10.4 Å². The van der Waals surface area contributed by atoms with E-state index in [2.05, 4.69) is 13.9 Å². The molecule has 0 fully saturated rings. The molecule has 0 bridgehead atoms. The Kier molecular flexibility index (Phi) is 5.04. The summed E-state index contributed by atoms with van der Waals surface area (Å²) in [6.45, 7) is 0. The first-order chi connectivity index (χ1) is 10.9. The van der Waals surface area contributed by atoms with Gasteiger partial charge in [0.1, 0.15) is 11.4 Å². The van der Waals surface area contributed by atoms with Gasteiger partial charge < -0.3 is 20.6 Å². The van der Waals surface area contributed by atoms with Crippen molar-refractivity contribution in [2.75, 3.05) is 12.4 Å². The summed E-state index contributed by atoms with van der Waals surface area (Å²) in [7, 11) is -1.06. The fourth-order valence-corrected chi connectivity index (χ4v) is 2.11. The number of benzene rings is 2. The summed E-state index contributed by atoms with van der Waals surface area (Å²) in [5.74, 6) is -1.55. The van der Waals surface area contributed by atoms with Gasteiger partial charge in [-0.15, -0.1) is 0 Å². The first kappa shape index (κ1) is 16.6. The highest BCUT2D eigenvalue weighted by Gasteiger charge is 2.10. The number of amides is 1. The lowest BCUT2D eigenvalue weighted by atomic mass is 10.1. The lowest BCUT2D eigenvalue weighted by Crippen LogP contribution is -2.11. The second kappa shape index (κ2) is 6.99. The Morgan fingerprint density at radius 3 is 2.43 bits per heavy atom. The topological polar surface area (TPSA) is 128 Å². The first-order valence-corrected chi connectivity index (χ1v) is 7.43. The molecule has 0 heterocycles. The van der Waals surface area contributed by atoms with Gasteiger partial charge >= 0.3 is 0 Å². The number of phenols is 3. The number of nitrogens with zero attached hydrogens (tertiary/aromatic N) is 1. The molecule has 2 aromatic rings. The maximum atomic E-state index is 12.1. The molecule has 0 aliphatic carbocycles. The third kappa shape index (κ3) is 4.11. The Morgan fingerprint density at radius 2 is 1.83 bits per heavy atom. The fraction of sp³-hybridized carbons (Fsp3) is 0.0714. The van der Waals surface area contributed by atoms with Crippen LogP contribution in [0, 0.1) is 0 Å². The molecule has 2 aromatic carbocycles. The van der Waals surface area contributed by atoms with Crippen LogP contribution in [-0.4, -0.2) is 32.5 Å². The first-order valence-electron chi connectivity index (χ1n) is 6.30. The number of hydrogen-bond donors (Lipinski definition) is 5. The Labute approximate surface area is 133 Å². The molecule has 0 spiro atoms. The molecule has 4 N–H and O–H groups in total. The van der Waals surface area contributed by atoms with Crippen molar-refractivity contribution in [1.82, 2.24) is 0 Å². The van der Waals surface area contributed by atoms with Gasteiger partial charge in [-0.2, -0.15) is 4.36 Å². The minimum absolute atomic E-state index is 0.0341. The van der Waals surface area contributed by atoms with Gasteiger partial charge in [-0.1, -0.05) is 0 Å². The van der Waals surface area contributed by atoms with Gasteiger partial charge in [0.05, 0.1) is 7.11 Å². The van der Waals surface area contributed by atoms with E-state index < -0.39 is 16.8 Å². The molecule has 0 saturated heterocycles. The molecule has 0 aliphatic rings. The predicted molar refractivity (Wildman–Crippen MR) is 84.5 cm³/mol. The van der Waals surface area contributed by atoms with Crippen LogP contribution in [-0.2, 0) is 15.1 Å². The van der Waals surface area contributed by atoms with E-state index in [1.54, 1.807) is 0 Å². The van der Waals surface area contributed by atoms with E-state index in [4.69, 9.17) is 0 Å². The molecule has 122 valence electrons. The molecular weight excluding hydrogens is 324 g/mol. The summed E-state index contributed by atoms with van der Waals surface area (Å²) < 4.78 is 19.3. The van der Waals surface area contributed by atoms with Crippen molar-refractivity contribution in [2.24, 2.45) is 4.36 Å². The highest BCUT2D eigenvalue weighted by Crippen LogP contribution is 2.29. The number of carbonyl (C=O) groups is 1. The molecule has 1 unspecified atom stereocenters. The molecule has 8 nitrogen and oxygen atoms in total. The molecule has 1 atom stereocenters. The highest BCUT2D eigenvalue weighted by molar-refractivity contribution is 7.69. The molecule has 9 heteroatoms. The van der Waals surface area contributed by atoms with Crippen LogP contribution in [0.2, 0.25) is 0 Å². The molecule has 0 radical (unpaired) electrons. The number of anilines is 1. The smallest absolute Gasteiger partial charge is 0.255 e. The van der Waals surface area contributed by atoms with Crippen LogP contribution < -0.4 is 5.32 Å². The standard InChI is InChI=1S/C14H14N2O6S/c1-22-23(21)16-10-4-2-8(6-12(10)18)14(20)15-9-3-5-11(17)13(19)7-9/h2-7,17-19,23H,1H3,(H,15,20). The van der Waals surface area contributed by atoms with Gasteiger partial charge in [0.15, 0.2) is 22.4 Å². The third-order valence-corrected chi connectivity index (χ3v) is 3.51. The second-order valence-electron chi connectivity index (χ2n) is 4.38. The summed E-state index contributed by atoms with van der Waals surface area (Å²) in [6, 6.07) is 7.68. The fourth-order valence-electron chi connectivity index (χ4n) is 1.68. The summed E-state index contributed by atoms with van der Waals surface area (Å²) >= 11 is 0. The highest BCUT2D eigenvalue weighted by atomic mass is 32.2. The third-order valence-electron chi connectivity index (χ3n) is 2.82. The summed E-state index contributed by atoms with van der Waals surface area (Å²) in [4.78, 5) is 12.1. The molecule has 1 amide bonds. The predicted octanol–water partition coefficient (Wildman–Crippen LogP) is 1.91. The summed E-state index contributed by atoms with van der Waals surface area (Å²) in [5.41, 5.74) is 0.425. The van der Waals surface area contributed by atoms with Crippen molar-refractivity contribution in [1.29, 1.82) is 0 Å². The van der Waals surface area contributed by atoms with E-state index in [1.165, 1.54) is 37.4 Å². The molecular formula is C14H14N2O6S. The Bertz CT molecular complexity index is 830. The van der Waals surface area contributed by atoms with Gasteiger partial charge in [0.25, 0.3) is 5.91 Å². The maximum Gasteiger partial charge on any atom is 0.255 e. The second-order valence-corrected chi connectivity index (χ2v) is 5.42. The average Bonchev–Trinajstić information content (AvgIpc) is 2.52. The number of nitrogens with one attached hydrogen (secondary N) is 1. The SMILES string of the molecule is CO[SH](=O)=Nc1ccc(C(=O)Nc2ccc(O)c(O)c2)cc1O. The van der Waals surface area contributed by atoms with Crippen LogP contribution in [0.25, 0.3) is 0 Å². The average molecular weight is 338 g/mol. The lowest BCUT2D eigenvalue weighted by Gasteiger charge is -2.07. The Balaban J connectivity index is 2.21. The molecule has 0 aliphatic heterocycles. The minimum atomic E-state index is -2.28. The molecule has 23 heavy (non-hydrogen) atoms. The Hall–Kier alpha value is -2.78. The van der Waals surface area contributed by atoms with E-state index in [0.717, 1.165) is 6.07 Å². The number of carbonyl (C=O) groups excluding carboxylic acids is 1. The normalized spacial score (nSPS) is 12.0. The quantitative estimate of drug-likeness (QED) is 0.329.